The van der Waals surface area contributed by atoms with Gasteiger partial charge in [0, 0.05) is 0 Å². The molecule has 1 aliphatic heterocycles. The first-order valence-corrected chi connectivity index (χ1v) is 9.77. The Kier molecular flexibility index (Phi) is 3.62. The summed E-state index contributed by atoms with van der Waals surface area (Å²) in [5.74, 6) is 0.191. The molecule has 2 aromatic rings. The number of carbonyl (C=O) groups excluding carboxylic acids is 1. The number of ether oxygens (including phenoxy) is 1. The van der Waals surface area contributed by atoms with E-state index in [0.29, 0.717) is 17.1 Å². The van der Waals surface area contributed by atoms with Gasteiger partial charge in [0.15, 0.2) is 0 Å². The van der Waals surface area contributed by atoms with Gasteiger partial charge in [-0.05, 0) is 42.7 Å². The Hall–Kier alpha value is -2.74. The second-order valence-electron chi connectivity index (χ2n) is 6.63. The van der Waals surface area contributed by atoms with E-state index in [9.17, 15) is 13.2 Å². The third-order valence-electron chi connectivity index (χ3n) is 5.18. The maximum atomic E-state index is 12.8. The van der Waals surface area contributed by atoms with Gasteiger partial charge in [-0.25, -0.2) is 8.42 Å². The van der Waals surface area contributed by atoms with E-state index in [0.717, 1.165) is 24.8 Å². The van der Waals surface area contributed by atoms with Crippen molar-refractivity contribution in [3.8, 4) is 5.75 Å². The van der Waals surface area contributed by atoms with Gasteiger partial charge in [0.25, 0.3) is 10.0 Å². The van der Waals surface area contributed by atoms with Crippen LogP contribution in [0.4, 0.5) is 17.1 Å². The lowest BCUT2D eigenvalue weighted by atomic mass is 9.65. The van der Waals surface area contributed by atoms with E-state index in [1.54, 1.807) is 24.3 Å². The summed E-state index contributed by atoms with van der Waals surface area (Å²) in [6.07, 6.45) is 2.45. The van der Waals surface area contributed by atoms with Crippen LogP contribution in [0.5, 0.6) is 5.75 Å². The molecule has 1 aliphatic carbocycles. The number of hydrogen-bond donors (Lipinski definition) is 3. The van der Waals surface area contributed by atoms with Crippen molar-refractivity contribution in [3.05, 3.63) is 42.0 Å². The van der Waals surface area contributed by atoms with Crippen molar-refractivity contribution in [2.24, 2.45) is 0 Å². The molecule has 1 fully saturated rings. The van der Waals surface area contributed by atoms with Crippen LogP contribution in [0.15, 0.2) is 41.3 Å². The van der Waals surface area contributed by atoms with Crippen LogP contribution >= 0.6 is 0 Å². The molecule has 1 saturated carbocycles. The van der Waals surface area contributed by atoms with E-state index in [1.165, 1.54) is 19.2 Å². The molecule has 0 atom stereocenters. The summed E-state index contributed by atoms with van der Waals surface area (Å²) in [6, 6.07) is 9.59. The van der Waals surface area contributed by atoms with Crippen molar-refractivity contribution in [1.29, 1.82) is 0 Å². The number of nitrogens with two attached hydrogens (primary N) is 1. The first-order valence-electron chi connectivity index (χ1n) is 8.29. The maximum absolute atomic E-state index is 12.8. The average Bonchev–Trinajstić information content (AvgIpc) is 2.87. The molecule has 8 heteroatoms. The van der Waals surface area contributed by atoms with Gasteiger partial charge >= 0.3 is 0 Å². The lowest BCUT2D eigenvalue weighted by Gasteiger charge is -2.36. The highest BCUT2D eigenvalue weighted by atomic mass is 32.2. The van der Waals surface area contributed by atoms with Gasteiger partial charge in [0.2, 0.25) is 5.91 Å². The van der Waals surface area contributed by atoms with Crippen LogP contribution < -0.4 is 20.5 Å². The third-order valence-corrected chi connectivity index (χ3v) is 6.60. The number of nitrogens with one attached hydrogen (secondary N) is 2. The largest absolute Gasteiger partial charge is 0.495 e. The summed E-state index contributed by atoms with van der Waals surface area (Å²) in [7, 11) is -2.45. The summed E-state index contributed by atoms with van der Waals surface area (Å²) in [4.78, 5) is 12.4. The van der Waals surface area contributed by atoms with Crippen LogP contribution in [0.2, 0.25) is 0 Å². The molecule has 1 amide bonds. The first kappa shape index (κ1) is 16.7. The van der Waals surface area contributed by atoms with E-state index in [2.05, 4.69) is 10.0 Å². The Morgan fingerprint density at radius 3 is 2.62 bits per heavy atom. The van der Waals surface area contributed by atoms with Crippen molar-refractivity contribution in [3.63, 3.8) is 0 Å². The molecule has 4 N–H and O–H groups in total. The highest BCUT2D eigenvalue weighted by molar-refractivity contribution is 7.92. The highest BCUT2D eigenvalue weighted by Crippen LogP contribution is 2.53. The molecule has 1 heterocycles. The number of anilines is 3. The SMILES string of the molecule is COc1ccccc1S(=O)(=O)Nc1cc(N)c2c(c1)C1(CCC1)C(=O)N2. The van der Waals surface area contributed by atoms with Gasteiger partial charge in [-0.1, -0.05) is 18.6 Å². The molecule has 2 aliphatic rings. The number of methoxy groups -OCH3 is 1. The minimum absolute atomic E-state index is 0.0362. The molecule has 136 valence electrons. The van der Waals surface area contributed by atoms with E-state index in [4.69, 9.17) is 10.5 Å². The molecule has 7 nitrogen and oxygen atoms in total. The quantitative estimate of drug-likeness (QED) is 0.713. The predicted octanol–water partition coefficient (Wildman–Crippen LogP) is 2.45. The average molecular weight is 373 g/mol. The van der Waals surface area contributed by atoms with Gasteiger partial charge in [-0.15, -0.1) is 0 Å². The first-order chi connectivity index (χ1) is 12.4. The summed E-state index contributed by atoms with van der Waals surface area (Å²) in [5, 5.41) is 2.84. The molecule has 0 bridgehead atoms. The fourth-order valence-electron chi connectivity index (χ4n) is 3.67. The number of sulfonamides is 1. The summed E-state index contributed by atoms with van der Waals surface area (Å²) >= 11 is 0. The molecule has 0 saturated heterocycles. The van der Waals surface area contributed by atoms with Crippen LogP contribution in [-0.2, 0) is 20.2 Å². The third kappa shape index (κ3) is 2.33. The van der Waals surface area contributed by atoms with Gasteiger partial charge in [-0.3, -0.25) is 9.52 Å². The van der Waals surface area contributed by atoms with Crippen molar-refractivity contribution >= 4 is 33.0 Å². The zero-order valence-electron chi connectivity index (χ0n) is 14.2. The Balaban J connectivity index is 1.74. The van der Waals surface area contributed by atoms with Crippen LogP contribution in [0, 0.1) is 0 Å². The zero-order valence-corrected chi connectivity index (χ0v) is 15.0. The van der Waals surface area contributed by atoms with E-state index in [-0.39, 0.29) is 16.6 Å². The highest BCUT2D eigenvalue weighted by Gasteiger charge is 2.51. The van der Waals surface area contributed by atoms with E-state index < -0.39 is 15.4 Å². The second kappa shape index (κ2) is 5.63. The van der Waals surface area contributed by atoms with Crippen molar-refractivity contribution in [2.75, 3.05) is 22.9 Å². The normalized spacial score (nSPS) is 17.3. The monoisotopic (exact) mass is 373 g/mol. The fourth-order valence-corrected chi connectivity index (χ4v) is 4.89. The Morgan fingerprint density at radius 1 is 1.23 bits per heavy atom. The Bertz CT molecular complexity index is 1010. The molecule has 1 spiro atoms. The lowest BCUT2D eigenvalue weighted by molar-refractivity contribution is -0.123. The second-order valence-corrected chi connectivity index (χ2v) is 8.29. The van der Waals surface area contributed by atoms with Gasteiger partial charge in [0.1, 0.15) is 10.6 Å². The maximum Gasteiger partial charge on any atom is 0.265 e. The number of hydrogen-bond acceptors (Lipinski definition) is 5. The van der Waals surface area contributed by atoms with Crippen LogP contribution in [0.1, 0.15) is 24.8 Å². The molecule has 4 rings (SSSR count). The predicted molar refractivity (Wildman–Crippen MR) is 98.8 cm³/mol. The number of fused-ring (bicyclic) bond motifs is 2. The summed E-state index contributed by atoms with van der Waals surface area (Å²) < 4.78 is 33.3. The number of benzene rings is 2. The number of nitrogen functional groups attached to an aromatic ring is 1. The van der Waals surface area contributed by atoms with Gasteiger partial charge in [-0.2, -0.15) is 0 Å². The topological polar surface area (TPSA) is 111 Å². The molecular formula is C18H19N3O4S. The molecule has 2 aromatic carbocycles. The number of carbonyl (C=O) groups is 1. The lowest BCUT2D eigenvalue weighted by Crippen LogP contribution is -2.40. The number of para-hydroxylation sites is 1. The number of rotatable bonds is 4. The summed E-state index contributed by atoms with van der Waals surface area (Å²) in [5.41, 5.74) is 7.54. The number of amides is 1. The van der Waals surface area contributed by atoms with Crippen LogP contribution in [0.25, 0.3) is 0 Å². The minimum atomic E-state index is -3.87. The van der Waals surface area contributed by atoms with Crippen LogP contribution in [0.3, 0.4) is 0 Å². The van der Waals surface area contributed by atoms with Gasteiger partial charge < -0.3 is 15.8 Å². The van der Waals surface area contributed by atoms with Crippen molar-refractivity contribution in [2.45, 2.75) is 29.6 Å². The Morgan fingerprint density at radius 2 is 1.96 bits per heavy atom. The molecule has 0 unspecified atom stereocenters. The van der Waals surface area contributed by atoms with Crippen LogP contribution in [-0.4, -0.2) is 21.4 Å². The van der Waals surface area contributed by atoms with E-state index in [1.807, 2.05) is 0 Å². The summed E-state index contributed by atoms with van der Waals surface area (Å²) in [6.45, 7) is 0. The Labute approximate surface area is 151 Å². The fraction of sp³-hybridized carbons (Fsp3) is 0.278. The van der Waals surface area contributed by atoms with Crippen molar-refractivity contribution in [1.82, 2.24) is 0 Å². The zero-order chi connectivity index (χ0) is 18.5. The smallest absolute Gasteiger partial charge is 0.265 e. The standard InChI is InChI=1S/C18H19N3O4S/c1-25-14-5-2-3-6-15(14)26(23,24)21-11-9-12-16(13(19)10-11)20-17(22)18(12)7-4-8-18/h2-3,5-6,9-10,21H,4,7-8,19H2,1H3,(H,20,22). The van der Waals surface area contributed by atoms with Crippen molar-refractivity contribution < 1.29 is 17.9 Å². The van der Waals surface area contributed by atoms with E-state index >= 15 is 0 Å². The molecule has 0 aromatic heterocycles. The minimum Gasteiger partial charge on any atom is -0.495 e. The van der Waals surface area contributed by atoms with Gasteiger partial charge in [0.05, 0.1) is 29.6 Å². The molecule has 26 heavy (non-hydrogen) atoms. The molecule has 0 radical (unpaired) electrons. The molecular weight excluding hydrogens is 354 g/mol.